The van der Waals surface area contributed by atoms with E-state index in [0.717, 1.165) is 53.8 Å². The van der Waals surface area contributed by atoms with Crippen molar-refractivity contribution < 1.29 is 14.3 Å². The van der Waals surface area contributed by atoms with E-state index in [-0.39, 0.29) is 23.7 Å². The van der Waals surface area contributed by atoms with Crippen molar-refractivity contribution in [2.45, 2.75) is 51.2 Å². The standard InChI is InChI=1S/C24H26N2O3/c1-14-10-11-15(2)18(13-14)25-22(27)21-20-16-7-3-4-9-19(16)29-24(26-23(21)28)12-6-5-8-17(20)24/h3-4,7,9-11,13,17,20-21H,5-6,8,12H2,1-2H3,(H,25,27)(H,26,28)/t17-,20+,21+,24+/m1/s1. The zero-order valence-corrected chi connectivity index (χ0v) is 16.8. The van der Waals surface area contributed by atoms with Gasteiger partial charge in [0.1, 0.15) is 11.7 Å². The predicted octanol–water partition coefficient (Wildman–Crippen LogP) is 4.05. The Labute approximate surface area is 170 Å². The lowest BCUT2D eigenvalue weighted by molar-refractivity contribution is -0.160. The minimum absolute atomic E-state index is 0.109. The number of aryl methyl sites for hydroxylation is 2. The Kier molecular flexibility index (Phi) is 4.16. The second-order valence-corrected chi connectivity index (χ2v) is 8.68. The van der Waals surface area contributed by atoms with Crippen molar-refractivity contribution in [3.05, 3.63) is 59.2 Å². The van der Waals surface area contributed by atoms with E-state index in [1.54, 1.807) is 0 Å². The first kappa shape index (κ1) is 18.2. The van der Waals surface area contributed by atoms with Gasteiger partial charge in [-0.15, -0.1) is 0 Å². The zero-order chi connectivity index (χ0) is 20.2. The van der Waals surface area contributed by atoms with Crippen molar-refractivity contribution >= 4 is 17.5 Å². The van der Waals surface area contributed by atoms with Crippen LogP contribution in [0.3, 0.4) is 0 Å². The van der Waals surface area contributed by atoms with E-state index in [1.807, 2.05) is 56.3 Å². The Morgan fingerprint density at radius 1 is 1.17 bits per heavy atom. The number of carbonyl (C=O) groups excluding carboxylic acids is 2. The topological polar surface area (TPSA) is 67.4 Å². The quantitative estimate of drug-likeness (QED) is 0.760. The SMILES string of the molecule is Cc1ccc(C)c(NC(=O)[C@H]2C(=O)N[C@]34CCCC[C@@H]3[C@@H]2c2ccccc2O4)c1. The molecule has 4 atom stereocenters. The van der Waals surface area contributed by atoms with Crippen LogP contribution in [0.15, 0.2) is 42.5 Å². The molecule has 2 aliphatic heterocycles. The van der Waals surface area contributed by atoms with Crippen molar-refractivity contribution in [3.8, 4) is 5.75 Å². The third-order valence-electron chi connectivity index (χ3n) is 6.83. The number of benzene rings is 2. The van der Waals surface area contributed by atoms with Gasteiger partial charge in [-0.2, -0.15) is 0 Å². The first-order chi connectivity index (χ1) is 14.0. The summed E-state index contributed by atoms with van der Waals surface area (Å²) < 4.78 is 6.38. The van der Waals surface area contributed by atoms with Gasteiger partial charge in [-0.1, -0.05) is 36.8 Å². The van der Waals surface area contributed by atoms with Crippen LogP contribution in [-0.4, -0.2) is 17.5 Å². The van der Waals surface area contributed by atoms with E-state index in [0.29, 0.717) is 0 Å². The van der Waals surface area contributed by atoms with Gasteiger partial charge < -0.3 is 15.4 Å². The number of nitrogens with one attached hydrogen (secondary N) is 2. The van der Waals surface area contributed by atoms with Gasteiger partial charge in [0.25, 0.3) is 0 Å². The minimum Gasteiger partial charge on any atom is -0.467 e. The molecular formula is C24H26N2O3. The average molecular weight is 390 g/mol. The van der Waals surface area contributed by atoms with E-state index < -0.39 is 11.6 Å². The first-order valence-electron chi connectivity index (χ1n) is 10.5. The van der Waals surface area contributed by atoms with Crippen molar-refractivity contribution in [1.82, 2.24) is 5.32 Å². The van der Waals surface area contributed by atoms with Crippen LogP contribution < -0.4 is 15.4 Å². The maximum atomic E-state index is 13.4. The number of hydrogen-bond acceptors (Lipinski definition) is 3. The Morgan fingerprint density at radius 3 is 2.86 bits per heavy atom. The van der Waals surface area contributed by atoms with Crippen LogP contribution in [0.5, 0.6) is 5.75 Å². The number of piperidine rings is 1. The van der Waals surface area contributed by atoms with Gasteiger partial charge in [-0.25, -0.2) is 0 Å². The highest BCUT2D eigenvalue weighted by Gasteiger charge is 2.60. The summed E-state index contributed by atoms with van der Waals surface area (Å²) in [7, 11) is 0. The molecule has 2 fully saturated rings. The highest BCUT2D eigenvalue weighted by Crippen LogP contribution is 2.55. The summed E-state index contributed by atoms with van der Waals surface area (Å²) in [5, 5.41) is 6.16. The first-order valence-corrected chi connectivity index (χ1v) is 10.5. The molecule has 0 radical (unpaired) electrons. The van der Waals surface area contributed by atoms with E-state index in [4.69, 9.17) is 4.74 Å². The van der Waals surface area contributed by atoms with Crippen molar-refractivity contribution in [3.63, 3.8) is 0 Å². The molecule has 5 nitrogen and oxygen atoms in total. The molecule has 1 saturated heterocycles. The molecule has 2 bridgehead atoms. The van der Waals surface area contributed by atoms with Gasteiger partial charge >= 0.3 is 0 Å². The van der Waals surface area contributed by atoms with Gasteiger partial charge in [0, 0.05) is 23.9 Å². The fraction of sp³-hybridized carbons (Fsp3) is 0.417. The number of anilines is 1. The van der Waals surface area contributed by atoms with E-state index >= 15 is 0 Å². The number of hydrogen-bond donors (Lipinski definition) is 2. The maximum absolute atomic E-state index is 13.4. The van der Waals surface area contributed by atoms with Crippen molar-refractivity contribution in [2.75, 3.05) is 5.32 Å². The molecule has 0 aromatic heterocycles. The molecular weight excluding hydrogens is 364 g/mol. The summed E-state index contributed by atoms with van der Waals surface area (Å²) in [6.45, 7) is 3.96. The molecule has 2 N–H and O–H groups in total. The second kappa shape index (κ2) is 6.61. The molecule has 2 aromatic rings. The molecule has 0 spiro atoms. The fourth-order valence-corrected chi connectivity index (χ4v) is 5.43. The molecule has 2 heterocycles. The summed E-state index contributed by atoms with van der Waals surface area (Å²) in [4.78, 5) is 26.6. The number of amides is 2. The van der Waals surface area contributed by atoms with E-state index in [2.05, 4.69) is 10.6 Å². The van der Waals surface area contributed by atoms with Gasteiger partial charge in [0.05, 0.1) is 0 Å². The summed E-state index contributed by atoms with van der Waals surface area (Å²) >= 11 is 0. The second-order valence-electron chi connectivity index (χ2n) is 8.68. The molecule has 3 aliphatic rings. The van der Waals surface area contributed by atoms with Crippen LogP contribution in [0.1, 0.15) is 48.3 Å². The lowest BCUT2D eigenvalue weighted by atomic mass is 9.62. The number of rotatable bonds is 2. The van der Waals surface area contributed by atoms with Gasteiger partial charge in [-0.3, -0.25) is 9.59 Å². The molecule has 150 valence electrons. The van der Waals surface area contributed by atoms with Crippen LogP contribution in [-0.2, 0) is 9.59 Å². The highest BCUT2D eigenvalue weighted by molar-refractivity contribution is 6.08. The Hall–Kier alpha value is -2.82. The molecule has 29 heavy (non-hydrogen) atoms. The Morgan fingerprint density at radius 2 is 2.00 bits per heavy atom. The van der Waals surface area contributed by atoms with E-state index in [9.17, 15) is 9.59 Å². The van der Waals surface area contributed by atoms with Crippen LogP contribution in [0, 0.1) is 25.7 Å². The highest BCUT2D eigenvalue weighted by atomic mass is 16.5. The van der Waals surface area contributed by atoms with Crippen LogP contribution in [0.4, 0.5) is 5.69 Å². The summed E-state index contributed by atoms with van der Waals surface area (Å²) in [5.41, 5.74) is 3.13. The molecule has 2 aromatic carbocycles. The van der Waals surface area contributed by atoms with Crippen molar-refractivity contribution in [2.24, 2.45) is 11.8 Å². The lowest BCUT2D eigenvalue weighted by Crippen LogP contribution is -2.69. The monoisotopic (exact) mass is 390 g/mol. The minimum atomic E-state index is -0.767. The normalized spacial score (nSPS) is 29.7. The lowest BCUT2D eigenvalue weighted by Gasteiger charge is -2.56. The largest absolute Gasteiger partial charge is 0.467 e. The summed E-state index contributed by atoms with van der Waals surface area (Å²) in [6, 6.07) is 13.8. The maximum Gasteiger partial charge on any atom is 0.237 e. The van der Waals surface area contributed by atoms with Crippen LogP contribution >= 0.6 is 0 Å². The molecule has 5 rings (SSSR count). The molecule has 2 amide bonds. The fourth-order valence-electron chi connectivity index (χ4n) is 5.43. The zero-order valence-electron chi connectivity index (χ0n) is 16.8. The summed E-state index contributed by atoms with van der Waals surface area (Å²) in [6.07, 6.45) is 3.85. The molecule has 5 heteroatoms. The van der Waals surface area contributed by atoms with E-state index in [1.165, 1.54) is 0 Å². The number of fused-ring (bicyclic) bond motifs is 2. The molecule has 1 saturated carbocycles. The average Bonchev–Trinajstić information content (AvgIpc) is 2.69. The van der Waals surface area contributed by atoms with Crippen LogP contribution in [0.2, 0.25) is 0 Å². The number of ether oxygens (including phenoxy) is 1. The third kappa shape index (κ3) is 2.83. The smallest absolute Gasteiger partial charge is 0.237 e. The van der Waals surface area contributed by atoms with Gasteiger partial charge in [0.15, 0.2) is 5.72 Å². The summed E-state index contributed by atoms with van der Waals surface area (Å²) in [5.74, 6) is -0.503. The predicted molar refractivity (Wildman–Crippen MR) is 111 cm³/mol. The van der Waals surface area contributed by atoms with Gasteiger partial charge in [0.2, 0.25) is 11.8 Å². The van der Waals surface area contributed by atoms with Gasteiger partial charge in [-0.05, 0) is 55.5 Å². The number of para-hydroxylation sites is 1. The third-order valence-corrected chi connectivity index (χ3v) is 6.83. The molecule has 1 aliphatic carbocycles. The Balaban J connectivity index is 1.56. The number of carbonyl (C=O) groups is 2. The van der Waals surface area contributed by atoms with Crippen molar-refractivity contribution in [1.29, 1.82) is 0 Å². The Bertz CT molecular complexity index is 1000. The van der Waals surface area contributed by atoms with Crippen LogP contribution in [0.25, 0.3) is 0 Å². The molecule has 0 unspecified atom stereocenters.